The summed E-state index contributed by atoms with van der Waals surface area (Å²) in [5, 5.41) is 0.843. The largest absolute Gasteiger partial charge is 0.338 e. The minimum Gasteiger partial charge on any atom is -0.338 e. The third kappa shape index (κ3) is 2.03. The summed E-state index contributed by atoms with van der Waals surface area (Å²) in [5.74, 6) is 0.127. The predicted molar refractivity (Wildman–Crippen MR) is 59.9 cm³/mol. The first-order chi connectivity index (χ1) is 7.22. The van der Waals surface area contributed by atoms with E-state index in [2.05, 4.69) is 4.98 Å². The van der Waals surface area contributed by atoms with E-state index in [1.807, 2.05) is 11.8 Å². The Morgan fingerprint density at radius 3 is 2.73 bits per heavy atom. The van der Waals surface area contributed by atoms with Gasteiger partial charge in [0.25, 0.3) is 5.91 Å². The number of hydrogen-bond acceptors (Lipinski definition) is 4. The van der Waals surface area contributed by atoms with Crippen LogP contribution in [0.5, 0.6) is 0 Å². The highest BCUT2D eigenvalue weighted by Gasteiger charge is 2.23. The standard InChI is InChI=1S/C10H15N3OS/c1-7-9(15-8(6-11)12-7)10(14)13-4-2-3-5-13/h2-6,11H2,1H3. The molecule has 0 radical (unpaired) electrons. The number of aryl methyl sites for hydroxylation is 1. The van der Waals surface area contributed by atoms with Gasteiger partial charge in [0.15, 0.2) is 0 Å². The number of hydrogen-bond donors (Lipinski definition) is 1. The van der Waals surface area contributed by atoms with E-state index in [1.54, 1.807) is 0 Å². The summed E-state index contributed by atoms with van der Waals surface area (Å²) in [7, 11) is 0. The average Bonchev–Trinajstić information content (AvgIpc) is 2.85. The van der Waals surface area contributed by atoms with E-state index < -0.39 is 0 Å². The second-order valence-electron chi connectivity index (χ2n) is 3.73. The van der Waals surface area contributed by atoms with Gasteiger partial charge in [-0.15, -0.1) is 11.3 Å². The maximum atomic E-state index is 12.1. The number of carbonyl (C=O) groups is 1. The summed E-state index contributed by atoms with van der Waals surface area (Å²) < 4.78 is 0. The fraction of sp³-hybridized carbons (Fsp3) is 0.600. The van der Waals surface area contributed by atoms with Gasteiger partial charge in [-0.3, -0.25) is 4.79 Å². The van der Waals surface area contributed by atoms with Crippen LogP contribution in [0.15, 0.2) is 0 Å². The second-order valence-corrected chi connectivity index (χ2v) is 4.81. The van der Waals surface area contributed by atoms with Gasteiger partial charge in [0.05, 0.1) is 5.69 Å². The van der Waals surface area contributed by atoms with Crippen molar-refractivity contribution in [3.8, 4) is 0 Å². The summed E-state index contributed by atoms with van der Waals surface area (Å²) in [6.07, 6.45) is 2.24. The molecule has 0 unspecified atom stereocenters. The maximum absolute atomic E-state index is 12.1. The van der Waals surface area contributed by atoms with E-state index in [-0.39, 0.29) is 5.91 Å². The van der Waals surface area contributed by atoms with Crippen molar-refractivity contribution in [2.24, 2.45) is 5.73 Å². The number of thiazole rings is 1. The lowest BCUT2D eigenvalue weighted by molar-refractivity contribution is 0.0796. The second kappa shape index (κ2) is 4.28. The number of amides is 1. The van der Waals surface area contributed by atoms with E-state index >= 15 is 0 Å². The smallest absolute Gasteiger partial charge is 0.265 e. The number of likely N-dealkylation sites (tertiary alicyclic amines) is 1. The van der Waals surface area contributed by atoms with Gasteiger partial charge in [-0.05, 0) is 19.8 Å². The minimum absolute atomic E-state index is 0.127. The Bertz CT molecular complexity index is 369. The molecule has 1 saturated heterocycles. The molecule has 5 heteroatoms. The highest BCUT2D eigenvalue weighted by atomic mass is 32.1. The highest BCUT2D eigenvalue weighted by Crippen LogP contribution is 2.21. The molecule has 2 N–H and O–H groups in total. The van der Waals surface area contributed by atoms with Gasteiger partial charge < -0.3 is 10.6 Å². The van der Waals surface area contributed by atoms with Crippen LogP contribution < -0.4 is 5.73 Å². The van der Waals surface area contributed by atoms with Crippen molar-refractivity contribution >= 4 is 17.2 Å². The minimum atomic E-state index is 0.127. The lowest BCUT2D eigenvalue weighted by atomic mass is 10.3. The van der Waals surface area contributed by atoms with Crippen molar-refractivity contribution in [3.63, 3.8) is 0 Å². The van der Waals surface area contributed by atoms with Crippen LogP contribution in [0.4, 0.5) is 0 Å². The quantitative estimate of drug-likeness (QED) is 0.821. The van der Waals surface area contributed by atoms with Gasteiger partial charge in [-0.25, -0.2) is 4.98 Å². The van der Waals surface area contributed by atoms with Gasteiger partial charge in [-0.2, -0.15) is 0 Å². The van der Waals surface area contributed by atoms with Crippen LogP contribution in [0.3, 0.4) is 0 Å². The molecular weight excluding hydrogens is 210 g/mol. The Morgan fingerprint density at radius 2 is 2.20 bits per heavy atom. The molecule has 82 valence electrons. The first-order valence-corrected chi connectivity index (χ1v) is 5.99. The Morgan fingerprint density at radius 1 is 1.53 bits per heavy atom. The lowest BCUT2D eigenvalue weighted by Crippen LogP contribution is -2.27. The third-order valence-corrected chi connectivity index (χ3v) is 3.77. The molecule has 0 saturated carbocycles. The molecule has 1 aliphatic heterocycles. The van der Waals surface area contributed by atoms with Crippen molar-refractivity contribution in [2.75, 3.05) is 13.1 Å². The third-order valence-electron chi connectivity index (χ3n) is 2.60. The van der Waals surface area contributed by atoms with E-state index in [9.17, 15) is 4.79 Å². The average molecular weight is 225 g/mol. The summed E-state index contributed by atoms with van der Waals surface area (Å²) in [6.45, 7) is 4.06. The number of rotatable bonds is 2. The van der Waals surface area contributed by atoms with Crippen LogP contribution in [-0.2, 0) is 6.54 Å². The molecule has 0 atom stereocenters. The predicted octanol–water partition coefficient (Wildman–Crippen LogP) is 1.15. The van der Waals surface area contributed by atoms with Gasteiger partial charge in [0.1, 0.15) is 9.88 Å². The Kier molecular flexibility index (Phi) is 3.02. The molecule has 1 fully saturated rings. The van der Waals surface area contributed by atoms with Gasteiger partial charge >= 0.3 is 0 Å². The van der Waals surface area contributed by atoms with Crippen LogP contribution in [-0.4, -0.2) is 28.9 Å². The van der Waals surface area contributed by atoms with Crippen molar-refractivity contribution in [1.82, 2.24) is 9.88 Å². The van der Waals surface area contributed by atoms with Crippen LogP contribution in [0.2, 0.25) is 0 Å². The lowest BCUT2D eigenvalue weighted by Gasteiger charge is -2.13. The van der Waals surface area contributed by atoms with Gasteiger partial charge in [-0.1, -0.05) is 0 Å². The fourth-order valence-electron chi connectivity index (χ4n) is 1.80. The van der Waals surface area contributed by atoms with Crippen LogP contribution in [0, 0.1) is 6.92 Å². The molecule has 2 rings (SSSR count). The number of nitrogens with zero attached hydrogens (tertiary/aromatic N) is 2. The molecule has 4 nitrogen and oxygen atoms in total. The molecule has 1 amide bonds. The van der Waals surface area contributed by atoms with E-state index in [0.29, 0.717) is 6.54 Å². The molecular formula is C10H15N3OS. The summed E-state index contributed by atoms with van der Waals surface area (Å²) in [5.41, 5.74) is 6.33. The molecule has 0 aliphatic carbocycles. The number of nitrogens with two attached hydrogens (primary N) is 1. The Balaban J connectivity index is 2.20. The normalized spacial score (nSPS) is 16.0. The first kappa shape index (κ1) is 10.6. The first-order valence-electron chi connectivity index (χ1n) is 5.18. The molecule has 15 heavy (non-hydrogen) atoms. The van der Waals surface area contributed by atoms with Gasteiger partial charge in [0.2, 0.25) is 0 Å². The molecule has 1 aliphatic rings. The molecule has 0 spiro atoms. The zero-order chi connectivity index (χ0) is 10.8. The number of aromatic nitrogens is 1. The van der Waals surface area contributed by atoms with E-state index in [0.717, 1.165) is 41.5 Å². The molecule has 2 heterocycles. The highest BCUT2D eigenvalue weighted by molar-refractivity contribution is 7.13. The summed E-state index contributed by atoms with van der Waals surface area (Å²) in [4.78, 5) is 19.0. The monoisotopic (exact) mass is 225 g/mol. The van der Waals surface area contributed by atoms with Crippen molar-refractivity contribution in [3.05, 3.63) is 15.6 Å². The fourth-order valence-corrected chi connectivity index (χ4v) is 2.71. The van der Waals surface area contributed by atoms with Gasteiger partial charge in [0, 0.05) is 19.6 Å². The van der Waals surface area contributed by atoms with Crippen molar-refractivity contribution in [1.29, 1.82) is 0 Å². The van der Waals surface area contributed by atoms with Crippen LogP contribution >= 0.6 is 11.3 Å². The zero-order valence-electron chi connectivity index (χ0n) is 8.82. The van der Waals surface area contributed by atoms with E-state index in [1.165, 1.54) is 11.3 Å². The van der Waals surface area contributed by atoms with E-state index in [4.69, 9.17) is 5.73 Å². The molecule has 0 bridgehead atoms. The SMILES string of the molecule is Cc1nc(CN)sc1C(=O)N1CCCC1. The topological polar surface area (TPSA) is 59.2 Å². The Hall–Kier alpha value is -0.940. The zero-order valence-corrected chi connectivity index (χ0v) is 9.64. The molecule has 1 aromatic heterocycles. The molecule has 0 aromatic carbocycles. The van der Waals surface area contributed by atoms with Crippen LogP contribution in [0.25, 0.3) is 0 Å². The van der Waals surface area contributed by atoms with Crippen molar-refractivity contribution < 1.29 is 4.79 Å². The maximum Gasteiger partial charge on any atom is 0.265 e. The Labute approximate surface area is 93.1 Å². The van der Waals surface area contributed by atoms with Crippen LogP contribution in [0.1, 0.15) is 33.2 Å². The number of carbonyl (C=O) groups excluding carboxylic acids is 1. The molecule has 1 aromatic rings. The van der Waals surface area contributed by atoms with Crippen molar-refractivity contribution in [2.45, 2.75) is 26.3 Å². The summed E-state index contributed by atoms with van der Waals surface area (Å²) >= 11 is 1.43. The summed E-state index contributed by atoms with van der Waals surface area (Å²) in [6, 6.07) is 0.